The van der Waals surface area contributed by atoms with Gasteiger partial charge in [0.15, 0.2) is 0 Å². The van der Waals surface area contributed by atoms with E-state index < -0.39 is 6.04 Å². The lowest BCUT2D eigenvalue weighted by atomic mass is 10.1. The molecule has 0 spiro atoms. The van der Waals surface area contributed by atoms with Gasteiger partial charge in [-0.3, -0.25) is 10.1 Å². The van der Waals surface area contributed by atoms with Crippen LogP contribution in [0.3, 0.4) is 0 Å². The Morgan fingerprint density at radius 3 is 2.74 bits per heavy atom. The van der Waals surface area contributed by atoms with Crippen molar-refractivity contribution in [3.8, 4) is 12.3 Å². The number of hydrogen-bond donors (Lipinski definition) is 1. The molecule has 0 bridgehead atoms. The summed E-state index contributed by atoms with van der Waals surface area (Å²) in [5.74, 6) is 1.86. The molecule has 0 aliphatic rings. The summed E-state index contributed by atoms with van der Waals surface area (Å²) in [6, 6.07) is 5.80. The zero-order valence-electron chi connectivity index (χ0n) is 11.0. The zero-order chi connectivity index (χ0) is 14.1. The third-order valence-electron chi connectivity index (χ3n) is 2.66. The number of nitrogens with one attached hydrogen (secondary N) is 1. The first-order valence-corrected chi connectivity index (χ1v) is 6.25. The Bertz CT molecular complexity index is 436. The molecule has 0 amide bonds. The van der Waals surface area contributed by atoms with Crippen molar-refractivity contribution < 1.29 is 13.9 Å². The van der Waals surface area contributed by atoms with Crippen LogP contribution in [0.25, 0.3) is 0 Å². The van der Waals surface area contributed by atoms with Crippen LogP contribution in [0.4, 0.5) is 4.39 Å². The molecule has 1 aromatic carbocycles. The van der Waals surface area contributed by atoms with Crippen LogP contribution in [0, 0.1) is 18.2 Å². The van der Waals surface area contributed by atoms with Crippen LogP contribution in [0.1, 0.15) is 18.9 Å². The van der Waals surface area contributed by atoms with E-state index in [0.717, 1.165) is 5.56 Å². The highest BCUT2D eigenvalue weighted by molar-refractivity contribution is 5.75. The Hall–Kier alpha value is -1.86. The van der Waals surface area contributed by atoms with Crippen LogP contribution < -0.4 is 5.32 Å². The van der Waals surface area contributed by atoms with Crippen LogP contribution in [-0.4, -0.2) is 25.2 Å². The minimum absolute atomic E-state index is 0.267. The van der Waals surface area contributed by atoms with E-state index in [9.17, 15) is 9.18 Å². The summed E-state index contributed by atoms with van der Waals surface area (Å²) < 4.78 is 17.8. The summed E-state index contributed by atoms with van der Waals surface area (Å²) in [7, 11) is 0. The van der Waals surface area contributed by atoms with Crippen LogP contribution in [0.5, 0.6) is 0 Å². The molecule has 1 N–H and O–H groups in total. The van der Waals surface area contributed by atoms with Crippen molar-refractivity contribution in [2.45, 2.75) is 25.8 Å². The highest BCUT2D eigenvalue weighted by Crippen LogP contribution is 2.08. The van der Waals surface area contributed by atoms with E-state index in [2.05, 4.69) is 11.2 Å². The lowest BCUT2D eigenvalue weighted by molar-refractivity contribution is -0.145. The van der Waals surface area contributed by atoms with E-state index in [0.29, 0.717) is 26.0 Å². The van der Waals surface area contributed by atoms with Crippen molar-refractivity contribution in [1.29, 1.82) is 0 Å². The molecule has 0 heterocycles. The van der Waals surface area contributed by atoms with Crippen molar-refractivity contribution >= 4 is 5.97 Å². The average Bonchev–Trinajstić information content (AvgIpc) is 2.41. The first-order chi connectivity index (χ1) is 9.17. The molecule has 19 heavy (non-hydrogen) atoms. The molecular weight excluding hydrogens is 245 g/mol. The lowest BCUT2D eigenvalue weighted by Crippen LogP contribution is -2.38. The van der Waals surface area contributed by atoms with Gasteiger partial charge < -0.3 is 4.74 Å². The van der Waals surface area contributed by atoms with Gasteiger partial charge in [-0.1, -0.05) is 18.1 Å². The van der Waals surface area contributed by atoms with Gasteiger partial charge in [-0.25, -0.2) is 4.39 Å². The van der Waals surface area contributed by atoms with Crippen molar-refractivity contribution in [2.24, 2.45) is 0 Å². The molecule has 0 fully saturated rings. The average molecular weight is 263 g/mol. The lowest BCUT2D eigenvalue weighted by Gasteiger charge is -2.15. The third-order valence-corrected chi connectivity index (χ3v) is 2.66. The first-order valence-electron chi connectivity index (χ1n) is 6.25. The number of aryl methyl sites for hydroxylation is 1. The summed E-state index contributed by atoms with van der Waals surface area (Å²) in [6.07, 6.45) is 6.38. The number of esters is 1. The van der Waals surface area contributed by atoms with E-state index in [1.54, 1.807) is 19.1 Å². The van der Waals surface area contributed by atoms with Gasteiger partial charge in [-0.15, -0.1) is 6.42 Å². The maximum Gasteiger partial charge on any atom is 0.323 e. The number of hydrogen-bond acceptors (Lipinski definition) is 3. The van der Waals surface area contributed by atoms with Gasteiger partial charge in [0.2, 0.25) is 0 Å². The Kier molecular flexibility index (Phi) is 6.62. The summed E-state index contributed by atoms with van der Waals surface area (Å²) in [5.41, 5.74) is 0.971. The van der Waals surface area contributed by atoms with Crippen molar-refractivity contribution in [3.05, 3.63) is 35.6 Å². The second kappa shape index (κ2) is 8.28. The van der Waals surface area contributed by atoms with Gasteiger partial charge in [0.25, 0.3) is 0 Å². The Morgan fingerprint density at radius 1 is 1.47 bits per heavy atom. The van der Waals surface area contributed by atoms with Gasteiger partial charge >= 0.3 is 5.97 Å². The monoisotopic (exact) mass is 263 g/mol. The van der Waals surface area contributed by atoms with E-state index in [1.165, 1.54) is 12.1 Å². The van der Waals surface area contributed by atoms with E-state index in [1.807, 2.05) is 0 Å². The van der Waals surface area contributed by atoms with Gasteiger partial charge in [0.1, 0.15) is 11.9 Å². The number of benzene rings is 1. The Balaban J connectivity index is 2.54. The molecule has 1 atom stereocenters. The fraction of sp³-hybridized carbons (Fsp3) is 0.400. The second-order valence-electron chi connectivity index (χ2n) is 4.05. The normalized spacial score (nSPS) is 11.6. The topological polar surface area (TPSA) is 38.3 Å². The number of rotatable bonds is 7. The summed E-state index contributed by atoms with van der Waals surface area (Å²) in [4.78, 5) is 11.7. The summed E-state index contributed by atoms with van der Waals surface area (Å²) in [6.45, 7) is 2.41. The van der Waals surface area contributed by atoms with E-state index in [4.69, 9.17) is 11.2 Å². The molecule has 0 radical (unpaired) electrons. The fourth-order valence-corrected chi connectivity index (χ4v) is 1.69. The molecule has 0 aliphatic carbocycles. The minimum Gasteiger partial charge on any atom is -0.465 e. The third kappa shape index (κ3) is 5.54. The maximum atomic E-state index is 12.8. The zero-order valence-corrected chi connectivity index (χ0v) is 11.0. The van der Waals surface area contributed by atoms with Crippen LogP contribution in [-0.2, 0) is 16.0 Å². The van der Waals surface area contributed by atoms with Crippen molar-refractivity contribution in [2.75, 3.05) is 13.2 Å². The SMILES string of the molecule is C#CCNC(CCc1ccc(F)cc1)C(=O)OCC. The molecule has 3 nitrogen and oxygen atoms in total. The predicted octanol–water partition coefficient (Wildman–Crippen LogP) is 1.91. The first kappa shape index (κ1) is 15.2. The molecule has 1 rings (SSSR count). The number of ether oxygens (including phenoxy) is 1. The van der Waals surface area contributed by atoms with Crippen LogP contribution in [0.2, 0.25) is 0 Å². The van der Waals surface area contributed by atoms with E-state index in [-0.39, 0.29) is 11.8 Å². The number of halogens is 1. The largest absolute Gasteiger partial charge is 0.465 e. The second-order valence-corrected chi connectivity index (χ2v) is 4.05. The molecule has 1 unspecified atom stereocenters. The molecule has 0 aliphatic heterocycles. The highest BCUT2D eigenvalue weighted by Gasteiger charge is 2.18. The number of carbonyl (C=O) groups excluding carboxylic acids is 1. The minimum atomic E-state index is -0.430. The number of carbonyl (C=O) groups is 1. The van der Waals surface area contributed by atoms with Crippen molar-refractivity contribution in [3.63, 3.8) is 0 Å². The van der Waals surface area contributed by atoms with Gasteiger partial charge in [0.05, 0.1) is 13.2 Å². The Labute approximate surface area is 113 Å². The van der Waals surface area contributed by atoms with Gasteiger partial charge in [-0.2, -0.15) is 0 Å². The van der Waals surface area contributed by atoms with Gasteiger partial charge in [0, 0.05) is 0 Å². The predicted molar refractivity (Wildman–Crippen MR) is 72.0 cm³/mol. The summed E-state index contributed by atoms with van der Waals surface area (Å²) in [5, 5.41) is 2.95. The molecule has 1 aromatic rings. The standard InChI is InChI=1S/C15H18FNO2/c1-3-11-17-14(15(18)19-4-2)10-7-12-5-8-13(16)9-6-12/h1,5-6,8-9,14,17H,4,7,10-11H2,2H3. The summed E-state index contributed by atoms with van der Waals surface area (Å²) >= 11 is 0. The molecule has 0 saturated heterocycles. The quantitative estimate of drug-likeness (QED) is 0.603. The molecule has 4 heteroatoms. The van der Waals surface area contributed by atoms with Crippen molar-refractivity contribution in [1.82, 2.24) is 5.32 Å². The van der Waals surface area contributed by atoms with E-state index >= 15 is 0 Å². The fourth-order valence-electron chi connectivity index (χ4n) is 1.69. The molecule has 0 aromatic heterocycles. The number of terminal acetylenes is 1. The Morgan fingerprint density at radius 2 is 2.16 bits per heavy atom. The maximum absolute atomic E-state index is 12.8. The smallest absolute Gasteiger partial charge is 0.323 e. The molecule has 0 saturated carbocycles. The highest BCUT2D eigenvalue weighted by atomic mass is 19.1. The molecule has 102 valence electrons. The van der Waals surface area contributed by atoms with Crippen LogP contribution in [0.15, 0.2) is 24.3 Å². The van der Waals surface area contributed by atoms with Gasteiger partial charge in [-0.05, 0) is 37.5 Å². The van der Waals surface area contributed by atoms with Crippen LogP contribution >= 0.6 is 0 Å². The molecular formula is C15H18FNO2.